The van der Waals surface area contributed by atoms with Crippen LogP contribution in [0.3, 0.4) is 0 Å². The van der Waals surface area contributed by atoms with Gasteiger partial charge in [-0.15, -0.1) is 0 Å². The Kier molecular flexibility index (Phi) is 7.89. The number of rotatable bonds is 6. The van der Waals surface area contributed by atoms with Crippen LogP contribution in [0.4, 0.5) is 8.78 Å². The summed E-state index contributed by atoms with van der Waals surface area (Å²) in [5, 5.41) is 4.86. The van der Waals surface area contributed by atoms with Gasteiger partial charge in [0.05, 0.1) is 15.7 Å². The van der Waals surface area contributed by atoms with Crippen LogP contribution >= 0.6 is 23.2 Å². The number of oxime groups is 1. The number of aromatic nitrogens is 1. The van der Waals surface area contributed by atoms with Gasteiger partial charge in [0.25, 0.3) is 5.56 Å². The predicted molar refractivity (Wildman–Crippen MR) is 135 cm³/mol. The molecule has 0 amide bonds. The summed E-state index contributed by atoms with van der Waals surface area (Å²) in [6.45, 7) is 6.03. The number of likely N-dealkylation sites (tertiary alicyclic amines) is 1. The third-order valence-corrected chi connectivity index (χ3v) is 6.66. The molecule has 2 heterocycles. The molecule has 0 saturated carbocycles. The Morgan fingerprint density at radius 1 is 1.06 bits per heavy atom. The fraction of sp³-hybridized carbons (Fsp3) is 0.308. The van der Waals surface area contributed by atoms with E-state index in [1.54, 1.807) is 18.2 Å². The molecule has 0 N–H and O–H groups in total. The molecule has 5 nitrogen and oxygen atoms in total. The zero-order valence-corrected chi connectivity index (χ0v) is 20.9. The van der Waals surface area contributed by atoms with Crippen LogP contribution in [0.15, 0.2) is 64.7 Å². The molecule has 1 saturated heterocycles. The van der Waals surface area contributed by atoms with Gasteiger partial charge >= 0.3 is 0 Å². The summed E-state index contributed by atoms with van der Waals surface area (Å²) in [4.78, 5) is 20.9. The second kappa shape index (κ2) is 10.9. The molecule has 0 radical (unpaired) electrons. The maximum Gasteiger partial charge on any atom is 0.255 e. The first-order chi connectivity index (χ1) is 16.7. The third-order valence-electron chi connectivity index (χ3n) is 6.05. The van der Waals surface area contributed by atoms with Gasteiger partial charge in [-0.1, -0.05) is 34.4 Å². The van der Waals surface area contributed by atoms with Crippen LogP contribution in [-0.2, 0) is 4.84 Å². The van der Waals surface area contributed by atoms with Gasteiger partial charge in [-0.3, -0.25) is 9.36 Å². The maximum absolute atomic E-state index is 14.8. The average Bonchev–Trinajstić information content (AvgIpc) is 2.82. The lowest BCUT2D eigenvalue weighted by Crippen LogP contribution is -2.40. The largest absolute Gasteiger partial charge is 0.392 e. The molecule has 0 spiro atoms. The Balaban J connectivity index is 1.75. The van der Waals surface area contributed by atoms with Crippen molar-refractivity contribution in [3.05, 3.63) is 97.9 Å². The summed E-state index contributed by atoms with van der Waals surface area (Å²) in [5.41, 5.74) is 0.464. The van der Waals surface area contributed by atoms with Gasteiger partial charge in [0.1, 0.15) is 23.5 Å². The number of halogens is 4. The van der Waals surface area contributed by atoms with Crippen molar-refractivity contribution in [2.45, 2.75) is 38.8 Å². The first-order valence-electron chi connectivity index (χ1n) is 11.4. The van der Waals surface area contributed by atoms with E-state index in [1.807, 2.05) is 0 Å². The number of para-hydroxylation sites is 1. The van der Waals surface area contributed by atoms with E-state index >= 15 is 0 Å². The molecule has 4 rings (SSSR count). The van der Waals surface area contributed by atoms with E-state index in [9.17, 15) is 13.6 Å². The smallest absolute Gasteiger partial charge is 0.255 e. The van der Waals surface area contributed by atoms with Gasteiger partial charge in [-0.2, -0.15) is 0 Å². The summed E-state index contributed by atoms with van der Waals surface area (Å²) >= 11 is 12.6. The van der Waals surface area contributed by atoms with E-state index < -0.39 is 11.6 Å². The van der Waals surface area contributed by atoms with Crippen molar-refractivity contribution < 1.29 is 13.6 Å². The fourth-order valence-corrected chi connectivity index (χ4v) is 4.66. The van der Waals surface area contributed by atoms with Crippen LogP contribution in [-0.4, -0.2) is 40.4 Å². The second-order valence-corrected chi connectivity index (χ2v) is 9.51. The van der Waals surface area contributed by atoms with E-state index in [1.165, 1.54) is 29.0 Å². The number of benzene rings is 2. The Bertz CT molecular complexity index is 1280. The topological polar surface area (TPSA) is 46.8 Å². The Morgan fingerprint density at radius 3 is 2.37 bits per heavy atom. The summed E-state index contributed by atoms with van der Waals surface area (Å²) in [5.74, 6) is -1.50. The highest BCUT2D eigenvalue weighted by molar-refractivity contribution is 6.37. The summed E-state index contributed by atoms with van der Waals surface area (Å²) in [7, 11) is 0. The van der Waals surface area contributed by atoms with Crippen molar-refractivity contribution in [2.24, 2.45) is 5.16 Å². The minimum atomic E-state index is -0.796. The van der Waals surface area contributed by atoms with Gasteiger partial charge in [-0.05, 0) is 57.0 Å². The molecule has 0 aliphatic carbocycles. The molecule has 35 heavy (non-hydrogen) atoms. The van der Waals surface area contributed by atoms with E-state index in [2.05, 4.69) is 23.9 Å². The molecular formula is C26H25Cl2F2N3O2. The first kappa shape index (κ1) is 25.4. The Labute approximate surface area is 212 Å². The molecule has 1 aliphatic heterocycles. The van der Waals surface area contributed by atoms with Gasteiger partial charge in [-0.25, -0.2) is 8.78 Å². The first-order valence-corrected chi connectivity index (χ1v) is 12.1. The number of piperidine rings is 1. The number of pyridine rings is 1. The molecule has 9 heteroatoms. The van der Waals surface area contributed by atoms with Crippen molar-refractivity contribution in [3.8, 4) is 5.69 Å². The van der Waals surface area contributed by atoms with E-state index in [0.717, 1.165) is 38.1 Å². The van der Waals surface area contributed by atoms with Gasteiger partial charge in [0.15, 0.2) is 0 Å². The predicted octanol–water partition coefficient (Wildman–Crippen LogP) is 6.06. The van der Waals surface area contributed by atoms with Crippen LogP contribution in [0.5, 0.6) is 0 Å². The molecule has 0 unspecified atom stereocenters. The SMILES string of the molecule is CC(C)N1CCC(O/N=C(/c2ccc(=O)n(-c3c(Cl)cccc3Cl)c2)c2ccc(F)cc2F)CC1. The van der Waals surface area contributed by atoms with Crippen molar-refractivity contribution >= 4 is 28.9 Å². The second-order valence-electron chi connectivity index (χ2n) is 8.69. The lowest BCUT2D eigenvalue weighted by Gasteiger charge is -2.33. The monoisotopic (exact) mass is 519 g/mol. The van der Waals surface area contributed by atoms with Crippen LogP contribution < -0.4 is 5.56 Å². The van der Waals surface area contributed by atoms with E-state index in [-0.39, 0.29) is 33.0 Å². The highest BCUT2D eigenvalue weighted by Gasteiger charge is 2.23. The van der Waals surface area contributed by atoms with Crippen molar-refractivity contribution in [1.82, 2.24) is 9.47 Å². The normalized spacial score (nSPS) is 15.6. The standard InChI is InChI=1S/C26H25Cl2F2N3O2/c1-16(2)32-12-10-19(11-13-32)35-31-25(20-8-7-18(29)14-23(20)30)17-6-9-24(34)33(15-17)26-21(27)4-3-5-22(26)28/h3-9,14-16,19H,10-13H2,1-2H3/b31-25-. The fourth-order valence-electron chi connectivity index (χ4n) is 4.08. The summed E-state index contributed by atoms with van der Waals surface area (Å²) in [6.07, 6.45) is 2.87. The lowest BCUT2D eigenvalue weighted by atomic mass is 10.0. The molecule has 0 bridgehead atoms. The Hall–Kier alpha value is -2.74. The number of nitrogens with zero attached hydrogens (tertiary/aromatic N) is 3. The van der Waals surface area contributed by atoms with Crippen molar-refractivity contribution in [2.75, 3.05) is 13.1 Å². The third kappa shape index (κ3) is 5.74. The van der Waals surface area contributed by atoms with Crippen molar-refractivity contribution in [3.63, 3.8) is 0 Å². The van der Waals surface area contributed by atoms with Crippen LogP contribution in [0.1, 0.15) is 37.8 Å². The van der Waals surface area contributed by atoms with Gasteiger partial charge < -0.3 is 9.74 Å². The average molecular weight is 520 g/mol. The quantitative estimate of drug-likeness (QED) is 0.293. The number of hydrogen-bond acceptors (Lipinski definition) is 4. The minimum absolute atomic E-state index is 0.0430. The van der Waals surface area contributed by atoms with Crippen LogP contribution in [0.2, 0.25) is 10.0 Å². The zero-order chi connectivity index (χ0) is 25.1. The molecule has 0 atom stereocenters. The van der Waals surface area contributed by atoms with E-state index in [0.29, 0.717) is 17.3 Å². The van der Waals surface area contributed by atoms with Gasteiger partial charge in [0, 0.05) is 48.6 Å². The van der Waals surface area contributed by atoms with E-state index in [4.69, 9.17) is 28.0 Å². The molecule has 184 valence electrons. The molecule has 3 aromatic rings. The number of hydrogen-bond donors (Lipinski definition) is 0. The summed E-state index contributed by atoms with van der Waals surface area (Å²) < 4.78 is 29.7. The highest BCUT2D eigenvalue weighted by Crippen LogP contribution is 2.28. The molecule has 1 fully saturated rings. The molecule has 2 aromatic carbocycles. The summed E-state index contributed by atoms with van der Waals surface area (Å²) in [6, 6.07) is 11.4. The molecule has 1 aliphatic rings. The minimum Gasteiger partial charge on any atom is -0.392 e. The zero-order valence-electron chi connectivity index (χ0n) is 19.3. The highest BCUT2D eigenvalue weighted by atomic mass is 35.5. The van der Waals surface area contributed by atoms with Crippen LogP contribution in [0.25, 0.3) is 5.69 Å². The molecular weight excluding hydrogens is 495 g/mol. The molecule has 1 aromatic heterocycles. The maximum atomic E-state index is 14.8. The van der Waals surface area contributed by atoms with Gasteiger partial charge in [0.2, 0.25) is 0 Å². The Morgan fingerprint density at radius 2 is 1.74 bits per heavy atom. The van der Waals surface area contributed by atoms with Crippen molar-refractivity contribution in [1.29, 1.82) is 0 Å². The lowest BCUT2D eigenvalue weighted by molar-refractivity contribution is 0.00449. The van der Waals surface area contributed by atoms with Crippen LogP contribution in [0, 0.1) is 11.6 Å².